The molecule has 0 aromatic heterocycles. The van der Waals surface area contributed by atoms with Crippen LogP contribution in [0.15, 0.2) is 42.5 Å². The summed E-state index contributed by atoms with van der Waals surface area (Å²) in [6.45, 7) is 0. The quantitative estimate of drug-likeness (QED) is 0.607. The first-order chi connectivity index (χ1) is 9.08. The predicted octanol–water partition coefficient (Wildman–Crippen LogP) is 4.69. The van der Waals surface area contributed by atoms with E-state index in [-0.39, 0.29) is 10.6 Å². The Morgan fingerprint density at radius 3 is 2.37 bits per heavy atom. The van der Waals surface area contributed by atoms with E-state index in [1.54, 1.807) is 30.3 Å². The van der Waals surface area contributed by atoms with Crippen LogP contribution in [0.2, 0.25) is 10.0 Å². The van der Waals surface area contributed by atoms with Crippen LogP contribution in [-0.4, -0.2) is 4.92 Å². The van der Waals surface area contributed by atoms with Gasteiger partial charge in [-0.2, -0.15) is 0 Å². The molecular weight excluding hydrogens is 285 g/mol. The smallest absolute Gasteiger partial charge is 0.258 e. The number of nitro benzene ring substituents is 1. The minimum atomic E-state index is -0.362. The van der Waals surface area contributed by atoms with Crippen LogP contribution in [0.3, 0.4) is 0 Å². The lowest BCUT2D eigenvalue weighted by Crippen LogP contribution is -1.98. The molecule has 3 nitrogen and oxygen atoms in total. The van der Waals surface area contributed by atoms with Crippen molar-refractivity contribution in [3.63, 3.8) is 0 Å². The fourth-order valence-electron chi connectivity index (χ4n) is 1.89. The first kappa shape index (κ1) is 13.8. The fraction of sp³-hybridized carbons (Fsp3) is 0.143. The van der Waals surface area contributed by atoms with Crippen LogP contribution in [0.5, 0.6) is 0 Å². The molecule has 0 atom stereocenters. The Hall–Kier alpha value is -1.58. The maximum Gasteiger partial charge on any atom is 0.272 e. The van der Waals surface area contributed by atoms with Gasteiger partial charge in [0.1, 0.15) is 0 Å². The van der Waals surface area contributed by atoms with Crippen molar-refractivity contribution in [1.29, 1.82) is 0 Å². The van der Waals surface area contributed by atoms with Crippen LogP contribution in [0.1, 0.15) is 11.1 Å². The molecule has 2 aromatic carbocycles. The van der Waals surface area contributed by atoms with Gasteiger partial charge in [0.2, 0.25) is 0 Å². The van der Waals surface area contributed by atoms with E-state index in [0.717, 1.165) is 5.56 Å². The molecule has 0 bridgehead atoms. The third-order valence-corrected chi connectivity index (χ3v) is 3.45. The first-order valence-electron chi connectivity index (χ1n) is 5.74. The normalized spacial score (nSPS) is 10.4. The molecule has 0 N–H and O–H groups in total. The molecule has 19 heavy (non-hydrogen) atoms. The number of rotatable bonds is 4. The van der Waals surface area contributed by atoms with Crippen LogP contribution in [0.25, 0.3) is 0 Å². The van der Waals surface area contributed by atoms with Gasteiger partial charge in [-0.05, 0) is 30.5 Å². The number of hydrogen-bond acceptors (Lipinski definition) is 2. The fourth-order valence-corrected chi connectivity index (χ4v) is 2.40. The van der Waals surface area contributed by atoms with Gasteiger partial charge in [-0.3, -0.25) is 10.1 Å². The Morgan fingerprint density at radius 1 is 1.00 bits per heavy atom. The van der Waals surface area contributed by atoms with Crippen molar-refractivity contribution in [2.45, 2.75) is 12.8 Å². The summed E-state index contributed by atoms with van der Waals surface area (Å²) < 4.78 is 0. The van der Waals surface area contributed by atoms with E-state index in [2.05, 4.69) is 0 Å². The Kier molecular flexibility index (Phi) is 4.40. The van der Waals surface area contributed by atoms with E-state index in [0.29, 0.717) is 28.5 Å². The first-order valence-corrected chi connectivity index (χ1v) is 6.50. The van der Waals surface area contributed by atoms with Crippen LogP contribution in [0, 0.1) is 10.1 Å². The topological polar surface area (TPSA) is 43.1 Å². The molecule has 0 aliphatic carbocycles. The van der Waals surface area contributed by atoms with E-state index in [1.165, 1.54) is 6.07 Å². The largest absolute Gasteiger partial charge is 0.272 e. The number of para-hydroxylation sites is 1. The number of halogens is 2. The lowest BCUT2D eigenvalue weighted by atomic mass is 10.0. The maximum atomic E-state index is 10.9. The van der Waals surface area contributed by atoms with E-state index in [4.69, 9.17) is 23.2 Å². The number of hydrogen-bond donors (Lipinski definition) is 0. The molecule has 0 saturated carbocycles. The van der Waals surface area contributed by atoms with Crippen LogP contribution in [-0.2, 0) is 12.8 Å². The van der Waals surface area contributed by atoms with Gasteiger partial charge in [-0.25, -0.2) is 0 Å². The lowest BCUT2D eigenvalue weighted by molar-refractivity contribution is -0.385. The summed E-state index contributed by atoms with van der Waals surface area (Å²) in [7, 11) is 0. The van der Waals surface area contributed by atoms with E-state index in [1.807, 2.05) is 6.07 Å². The number of nitrogens with zero attached hydrogens (tertiary/aromatic N) is 1. The predicted molar refractivity (Wildman–Crippen MR) is 77.0 cm³/mol. The second-order valence-electron chi connectivity index (χ2n) is 4.12. The van der Waals surface area contributed by atoms with E-state index >= 15 is 0 Å². The van der Waals surface area contributed by atoms with Crippen LogP contribution >= 0.6 is 23.2 Å². The van der Waals surface area contributed by atoms with Gasteiger partial charge < -0.3 is 0 Å². The SMILES string of the molecule is O=[N+]([O-])c1ccccc1CCc1ccc(Cl)cc1Cl. The Balaban J connectivity index is 2.17. The van der Waals surface area contributed by atoms with E-state index < -0.39 is 0 Å². The highest BCUT2D eigenvalue weighted by molar-refractivity contribution is 6.35. The number of aryl methyl sites for hydroxylation is 2. The van der Waals surface area contributed by atoms with Crippen molar-refractivity contribution in [1.82, 2.24) is 0 Å². The monoisotopic (exact) mass is 295 g/mol. The second-order valence-corrected chi connectivity index (χ2v) is 4.97. The zero-order chi connectivity index (χ0) is 13.8. The molecule has 0 heterocycles. The minimum absolute atomic E-state index is 0.146. The zero-order valence-corrected chi connectivity index (χ0v) is 11.5. The summed E-state index contributed by atoms with van der Waals surface area (Å²) in [5.74, 6) is 0. The van der Waals surface area contributed by atoms with E-state index in [9.17, 15) is 10.1 Å². The van der Waals surface area contributed by atoms with Gasteiger partial charge in [0.05, 0.1) is 4.92 Å². The molecule has 0 spiro atoms. The lowest BCUT2D eigenvalue weighted by Gasteiger charge is -2.05. The molecule has 0 aliphatic heterocycles. The summed E-state index contributed by atoms with van der Waals surface area (Å²) >= 11 is 11.9. The molecule has 0 fully saturated rings. The molecule has 0 aliphatic rings. The second kappa shape index (κ2) is 6.04. The van der Waals surface area contributed by atoms with Gasteiger partial charge in [-0.1, -0.05) is 47.5 Å². The Bertz CT molecular complexity index is 614. The van der Waals surface area contributed by atoms with Crippen molar-refractivity contribution in [3.05, 3.63) is 73.8 Å². The summed E-state index contributed by atoms with van der Waals surface area (Å²) in [6.07, 6.45) is 1.21. The van der Waals surface area contributed by atoms with Crippen LogP contribution < -0.4 is 0 Å². The summed E-state index contributed by atoms with van der Waals surface area (Å²) in [5, 5.41) is 12.1. The molecule has 0 saturated heterocycles. The van der Waals surface area contributed by atoms with Gasteiger partial charge >= 0.3 is 0 Å². The molecule has 2 aromatic rings. The Labute approximate surface area is 120 Å². The average molecular weight is 296 g/mol. The molecule has 98 valence electrons. The highest BCUT2D eigenvalue weighted by Crippen LogP contribution is 2.24. The number of nitro groups is 1. The third kappa shape index (κ3) is 3.46. The standard InChI is InChI=1S/C14H11Cl2NO2/c15-12-8-7-10(13(16)9-12)5-6-11-3-1-2-4-14(11)17(18)19/h1-4,7-9H,5-6H2. The summed E-state index contributed by atoms with van der Waals surface area (Å²) in [6, 6.07) is 12.0. The summed E-state index contributed by atoms with van der Waals surface area (Å²) in [5.41, 5.74) is 1.79. The number of benzene rings is 2. The highest BCUT2D eigenvalue weighted by Gasteiger charge is 2.12. The highest BCUT2D eigenvalue weighted by atomic mass is 35.5. The molecule has 0 radical (unpaired) electrons. The molecule has 0 amide bonds. The van der Waals surface area contributed by atoms with Crippen molar-refractivity contribution in [2.24, 2.45) is 0 Å². The average Bonchev–Trinajstić information content (AvgIpc) is 2.38. The van der Waals surface area contributed by atoms with Crippen molar-refractivity contribution in [2.75, 3.05) is 0 Å². The van der Waals surface area contributed by atoms with Gasteiger partial charge in [0.25, 0.3) is 5.69 Å². The third-order valence-electron chi connectivity index (χ3n) is 2.87. The maximum absolute atomic E-state index is 10.9. The zero-order valence-electron chi connectivity index (χ0n) is 9.98. The van der Waals surface area contributed by atoms with Crippen molar-refractivity contribution >= 4 is 28.9 Å². The van der Waals surface area contributed by atoms with Crippen molar-refractivity contribution in [3.8, 4) is 0 Å². The minimum Gasteiger partial charge on any atom is -0.258 e. The van der Waals surface area contributed by atoms with Gasteiger partial charge in [0.15, 0.2) is 0 Å². The van der Waals surface area contributed by atoms with Crippen molar-refractivity contribution < 1.29 is 4.92 Å². The van der Waals surface area contributed by atoms with Gasteiger partial charge in [0, 0.05) is 21.7 Å². The molecule has 5 heteroatoms. The van der Waals surface area contributed by atoms with Gasteiger partial charge in [-0.15, -0.1) is 0 Å². The molecule has 2 rings (SSSR count). The van der Waals surface area contributed by atoms with Crippen LogP contribution in [0.4, 0.5) is 5.69 Å². The summed E-state index contributed by atoms with van der Waals surface area (Å²) in [4.78, 5) is 10.5. The molecular formula is C14H11Cl2NO2. The Morgan fingerprint density at radius 2 is 1.68 bits per heavy atom. The molecule has 0 unspecified atom stereocenters.